The third-order valence-corrected chi connectivity index (χ3v) is 8.53. The second-order valence-corrected chi connectivity index (χ2v) is 22.8. The summed E-state index contributed by atoms with van der Waals surface area (Å²) in [5, 5.41) is 39.5. The van der Waals surface area contributed by atoms with Gasteiger partial charge in [-0.25, -0.2) is 9.59 Å². The fourth-order valence-electron chi connectivity index (χ4n) is 6.63. The van der Waals surface area contributed by atoms with Crippen molar-refractivity contribution in [3.8, 4) is 0 Å². The van der Waals surface area contributed by atoms with Crippen LogP contribution in [0.5, 0.6) is 0 Å². The molecular formula is C49H79F6N3O9. The van der Waals surface area contributed by atoms with Crippen molar-refractivity contribution in [2.75, 3.05) is 0 Å². The molecule has 0 saturated heterocycles. The predicted molar refractivity (Wildman–Crippen MR) is 248 cm³/mol. The zero-order valence-corrected chi connectivity index (χ0v) is 43.3. The maximum Gasteiger partial charge on any atom is 0.447 e. The van der Waals surface area contributed by atoms with E-state index in [1.807, 2.05) is 83.1 Å². The zero-order valence-electron chi connectivity index (χ0n) is 43.3. The highest BCUT2D eigenvalue weighted by molar-refractivity contribution is 5.96. The molecule has 386 valence electrons. The average molecular weight is 968 g/mol. The minimum atomic E-state index is -5.28. The highest BCUT2D eigenvalue weighted by Crippen LogP contribution is 2.38. The molecule has 0 radical (unpaired) electrons. The number of aliphatic hydroxyl groups excluding tert-OH is 1. The van der Waals surface area contributed by atoms with Gasteiger partial charge in [-0.2, -0.15) is 26.3 Å². The van der Waals surface area contributed by atoms with Crippen molar-refractivity contribution in [3.63, 3.8) is 0 Å². The van der Waals surface area contributed by atoms with Gasteiger partial charge in [0.2, 0.25) is 0 Å². The third-order valence-electron chi connectivity index (χ3n) is 8.53. The number of alkyl halides is 6. The van der Waals surface area contributed by atoms with Crippen molar-refractivity contribution in [3.05, 3.63) is 70.8 Å². The van der Waals surface area contributed by atoms with E-state index < -0.39 is 87.0 Å². The van der Waals surface area contributed by atoms with Crippen molar-refractivity contribution in [2.24, 2.45) is 11.3 Å². The lowest BCUT2D eigenvalue weighted by atomic mass is 9.87. The molecule has 2 aromatic carbocycles. The smallest absolute Gasteiger partial charge is 0.447 e. The molecule has 1 unspecified atom stereocenters. The lowest BCUT2D eigenvalue weighted by molar-refractivity contribution is -0.358. The number of carbonyl (C=O) groups excluding carboxylic acids is 3. The van der Waals surface area contributed by atoms with Crippen LogP contribution in [0.4, 0.5) is 31.1 Å². The summed E-state index contributed by atoms with van der Waals surface area (Å²) in [7, 11) is 0. The van der Waals surface area contributed by atoms with Gasteiger partial charge in [0.1, 0.15) is 11.6 Å². The normalized spacial score (nSPS) is 13.8. The van der Waals surface area contributed by atoms with E-state index >= 15 is 0 Å². The quantitative estimate of drug-likeness (QED) is 0.139. The lowest BCUT2D eigenvalue weighted by Gasteiger charge is -2.45. The van der Waals surface area contributed by atoms with Crippen LogP contribution < -0.4 is 5.32 Å². The number of carboxylic acids is 1. The van der Waals surface area contributed by atoms with Gasteiger partial charge in [0.25, 0.3) is 17.6 Å². The number of nitrogens with zero attached hydrogens (tertiary/aromatic N) is 2. The molecule has 0 bridgehead atoms. The maximum atomic E-state index is 12.8. The third kappa shape index (κ3) is 22.0. The number of carbonyl (C=O) groups is 4. The minimum absolute atomic E-state index is 0.0472. The highest BCUT2D eigenvalue weighted by atomic mass is 19.4. The van der Waals surface area contributed by atoms with Crippen LogP contribution in [-0.4, -0.2) is 100 Å². The Bertz CT molecular complexity index is 1890. The fraction of sp³-hybridized carbons (Fsp3) is 0.673. The van der Waals surface area contributed by atoms with Crippen LogP contribution in [0, 0.1) is 11.3 Å². The highest BCUT2D eigenvalue weighted by Gasteiger charge is 2.54. The molecule has 67 heavy (non-hydrogen) atoms. The molecule has 0 aliphatic rings. The first-order valence-electron chi connectivity index (χ1n) is 21.7. The standard InChI is InChI=1S/C17H24F3NO3.C17H24F3NO2.C11H21NO4.C4H10/c1-14(2,3)21(15(4,5)6)13(22)11-8-7-9-12(10-11)16(23,24)17(18,19)20;1-15(2,3)21(16(4,5)6)14(23)12-9-7-8-11(10-12)13(22)17(18,19)20;1-10(2,3)7(8(13)14)12-9(15)16-11(4,5)6;1-4(2)3/h7-10,23-24H,1-6H3;7-10,13,22H,1-6H3;7H,1-6H3,(H,12,15)(H,13,14);4H,1-3H3/t;;7-;/m..0./s1. The summed E-state index contributed by atoms with van der Waals surface area (Å²) in [5.74, 6) is -5.12. The van der Waals surface area contributed by atoms with Gasteiger partial charge in [0.05, 0.1) is 0 Å². The molecule has 2 atom stereocenters. The Morgan fingerprint density at radius 3 is 1.22 bits per heavy atom. The molecule has 3 amide bonds. The van der Waals surface area contributed by atoms with Crippen LogP contribution in [0.2, 0.25) is 0 Å². The van der Waals surface area contributed by atoms with Crippen molar-refractivity contribution in [1.29, 1.82) is 0 Å². The number of benzene rings is 2. The number of hydrogen-bond acceptors (Lipinski definition) is 8. The number of hydrogen-bond donors (Lipinski definition) is 5. The van der Waals surface area contributed by atoms with Crippen LogP contribution >= 0.6 is 0 Å². The molecule has 0 aromatic heterocycles. The summed E-state index contributed by atoms with van der Waals surface area (Å²) >= 11 is 0. The summed E-state index contributed by atoms with van der Waals surface area (Å²) in [6, 6.07) is 8.42. The Balaban J connectivity index is 0. The van der Waals surface area contributed by atoms with Crippen LogP contribution in [0.25, 0.3) is 0 Å². The van der Waals surface area contributed by atoms with E-state index in [0.717, 1.165) is 30.2 Å². The van der Waals surface area contributed by atoms with E-state index in [1.165, 1.54) is 24.3 Å². The molecule has 0 heterocycles. The Morgan fingerprint density at radius 2 is 0.940 bits per heavy atom. The van der Waals surface area contributed by atoms with Crippen molar-refractivity contribution < 1.29 is 70.7 Å². The Labute approximate surface area is 394 Å². The van der Waals surface area contributed by atoms with E-state index in [0.29, 0.717) is 0 Å². The fourth-order valence-corrected chi connectivity index (χ4v) is 6.63. The molecule has 0 fully saturated rings. The van der Waals surface area contributed by atoms with Crippen LogP contribution in [0.1, 0.15) is 183 Å². The number of ether oxygens (including phenoxy) is 1. The first kappa shape index (κ1) is 64.7. The molecule has 0 saturated carbocycles. The molecule has 18 heteroatoms. The molecule has 0 aliphatic carbocycles. The van der Waals surface area contributed by atoms with E-state index in [4.69, 9.17) is 9.84 Å². The molecule has 0 aliphatic heterocycles. The molecule has 0 spiro atoms. The molecule has 5 N–H and O–H groups in total. The summed E-state index contributed by atoms with van der Waals surface area (Å²) in [6.07, 6.45) is -13.4. The van der Waals surface area contributed by atoms with Crippen molar-refractivity contribution in [1.82, 2.24) is 15.1 Å². The summed E-state index contributed by atoms with van der Waals surface area (Å²) in [5.41, 5.74) is -4.44. The van der Waals surface area contributed by atoms with Gasteiger partial charge in [-0.3, -0.25) is 9.59 Å². The van der Waals surface area contributed by atoms with Gasteiger partial charge < -0.3 is 40.3 Å². The van der Waals surface area contributed by atoms with Crippen LogP contribution in [0.15, 0.2) is 48.5 Å². The van der Waals surface area contributed by atoms with Crippen LogP contribution in [0.3, 0.4) is 0 Å². The van der Waals surface area contributed by atoms with Gasteiger partial charge >= 0.3 is 24.4 Å². The van der Waals surface area contributed by atoms with Gasteiger partial charge in [-0.05, 0) is 145 Å². The topological polar surface area (TPSA) is 177 Å². The first-order chi connectivity index (χ1) is 29.3. The van der Waals surface area contributed by atoms with Crippen molar-refractivity contribution in [2.45, 2.75) is 203 Å². The van der Waals surface area contributed by atoms with E-state index in [-0.39, 0.29) is 22.6 Å². The van der Waals surface area contributed by atoms with Gasteiger partial charge in [-0.15, -0.1) is 0 Å². The summed E-state index contributed by atoms with van der Waals surface area (Å²) in [4.78, 5) is 51.2. The molecule has 2 rings (SSSR count). The number of halogens is 6. The number of carboxylic acid groups (broad SMARTS) is 1. The second-order valence-electron chi connectivity index (χ2n) is 22.8. The number of amides is 3. The first-order valence-corrected chi connectivity index (χ1v) is 21.7. The van der Waals surface area contributed by atoms with E-state index in [1.54, 1.807) is 51.3 Å². The molecule has 2 aromatic rings. The zero-order chi connectivity index (χ0) is 54.1. The van der Waals surface area contributed by atoms with Gasteiger partial charge in [0, 0.05) is 38.8 Å². The maximum absolute atomic E-state index is 12.8. The molecular weight excluding hydrogens is 889 g/mol. The molecule has 12 nitrogen and oxygen atoms in total. The largest absolute Gasteiger partial charge is 0.480 e. The SMILES string of the molecule is CC(C)(C)N(C(=O)c1cccc(C(O)(O)C(F)(F)F)c1)C(C)(C)C.CC(C)(C)N(C(=O)c1cccc(C(O)C(F)(F)F)c1)C(C)(C)C.CC(C)(C)OC(=O)N[C@@H](C(=O)O)C(C)(C)C.CC(C)C. The average Bonchev–Trinajstić information content (AvgIpc) is 3.06. The number of rotatable bonds is 6. The Hall–Kier alpha value is -4.42. The number of alkyl carbamates (subject to hydrolysis) is 1. The monoisotopic (exact) mass is 968 g/mol. The lowest BCUT2D eigenvalue weighted by Crippen LogP contribution is -2.55. The van der Waals surface area contributed by atoms with Crippen LogP contribution in [-0.2, 0) is 15.3 Å². The summed E-state index contributed by atoms with van der Waals surface area (Å²) in [6.45, 7) is 39.0. The predicted octanol–water partition coefficient (Wildman–Crippen LogP) is 11.4. The van der Waals surface area contributed by atoms with Gasteiger partial charge in [0.15, 0.2) is 6.10 Å². The van der Waals surface area contributed by atoms with Gasteiger partial charge in [-0.1, -0.05) is 65.8 Å². The number of aliphatic carboxylic acids is 1. The van der Waals surface area contributed by atoms with Crippen molar-refractivity contribution >= 4 is 23.9 Å². The van der Waals surface area contributed by atoms with E-state index in [9.17, 15) is 60.8 Å². The minimum Gasteiger partial charge on any atom is -0.480 e. The Kier molecular flexibility index (Phi) is 22.4. The van der Waals surface area contributed by atoms with E-state index in [2.05, 4.69) is 26.1 Å². The number of aliphatic hydroxyl groups is 3. The summed E-state index contributed by atoms with van der Waals surface area (Å²) < 4.78 is 81.4. The second kappa shape index (κ2) is 23.3. The number of nitrogens with one attached hydrogen (secondary N) is 1. The Morgan fingerprint density at radius 1 is 0.597 bits per heavy atom.